The summed E-state index contributed by atoms with van der Waals surface area (Å²) in [5.74, 6) is 1.98. The van der Waals surface area contributed by atoms with Crippen molar-refractivity contribution >= 4 is 17.7 Å². The number of thioether (sulfide) groups is 1. The molecule has 5 heteroatoms. The zero-order valence-corrected chi connectivity index (χ0v) is 15.1. The van der Waals surface area contributed by atoms with Crippen LogP contribution in [-0.2, 0) is 15.3 Å². The van der Waals surface area contributed by atoms with Crippen LogP contribution in [-0.4, -0.2) is 53.1 Å². The van der Waals surface area contributed by atoms with Gasteiger partial charge in [-0.3, -0.25) is 4.79 Å². The topological polar surface area (TPSA) is 49.8 Å². The molecule has 1 saturated carbocycles. The molecule has 132 valence electrons. The Labute approximate surface area is 148 Å². The number of methoxy groups -OCH3 is 1. The SMILES string of the molecule is COC12CCC(O)CC1N(C(=O)CCSCc1ccccc1)CC2. The van der Waals surface area contributed by atoms with Crippen LogP contribution in [0.15, 0.2) is 30.3 Å². The van der Waals surface area contributed by atoms with Crippen molar-refractivity contribution in [3.63, 3.8) is 0 Å². The average Bonchev–Trinajstić information content (AvgIpc) is 2.99. The van der Waals surface area contributed by atoms with Crippen molar-refractivity contribution < 1.29 is 14.6 Å². The Morgan fingerprint density at radius 1 is 1.38 bits per heavy atom. The Morgan fingerprint density at radius 2 is 2.17 bits per heavy atom. The van der Waals surface area contributed by atoms with Crippen LogP contribution in [0.4, 0.5) is 0 Å². The predicted octanol–water partition coefficient (Wildman–Crippen LogP) is 2.84. The van der Waals surface area contributed by atoms with Gasteiger partial charge in [0.25, 0.3) is 0 Å². The average molecular weight is 349 g/mol. The van der Waals surface area contributed by atoms with E-state index in [1.54, 1.807) is 18.9 Å². The third-order valence-corrected chi connectivity index (χ3v) is 6.48. The quantitative estimate of drug-likeness (QED) is 0.803. The number of amides is 1. The molecule has 1 aliphatic carbocycles. The van der Waals surface area contributed by atoms with Crippen molar-refractivity contribution in [3.8, 4) is 0 Å². The van der Waals surface area contributed by atoms with Gasteiger partial charge in [0.2, 0.25) is 5.91 Å². The highest BCUT2D eigenvalue weighted by molar-refractivity contribution is 7.98. The predicted molar refractivity (Wildman–Crippen MR) is 96.9 cm³/mol. The van der Waals surface area contributed by atoms with E-state index >= 15 is 0 Å². The first-order valence-electron chi connectivity index (χ1n) is 8.79. The molecule has 0 spiro atoms. The zero-order chi connectivity index (χ0) is 17.0. The third-order valence-electron chi connectivity index (χ3n) is 5.45. The minimum atomic E-state index is -0.306. The molecule has 0 radical (unpaired) electrons. The highest BCUT2D eigenvalue weighted by atomic mass is 32.2. The van der Waals surface area contributed by atoms with E-state index in [1.807, 2.05) is 23.1 Å². The number of benzene rings is 1. The molecule has 2 fully saturated rings. The smallest absolute Gasteiger partial charge is 0.223 e. The van der Waals surface area contributed by atoms with E-state index < -0.39 is 0 Å². The molecule has 3 unspecified atom stereocenters. The van der Waals surface area contributed by atoms with Crippen molar-refractivity contribution in [3.05, 3.63) is 35.9 Å². The second-order valence-corrected chi connectivity index (χ2v) is 7.94. The van der Waals surface area contributed by atoms with Crippen LogP contribution in [0.25, 0.3) is 0 Å². The van der Waals surface area contributed by atoms with E-state index in [2.05, 4.69) is 12.1 Å². The number of hydrogen-bond acceptors (Lipinski definition) is 4. The molecule has 1 aliphatic heterocycles. The molecular formula is C19H27NO3S. The summed E-state index contributed by atoms with van der Waals surface area (Å²) in [4.78, 5) is 14.6. The number of carbonyl (C=O) groups is 1. The molecule has 1 N–H and O–H groups in total. The van der Waals surface area contributed by atoms with Crippen LogP contribution in [0.3, 0.4) is 0 Å². The monoisotopic (exact) mass is 349 g/mol. The lowest BCUT2D eigenvalue weighted by molar-refractivity contribution is -0.139. The van der Waals surface area contributed by atoms with Gasteiger partial charge in [0.15, 0.2) is 0 Å². The molecular weight excluding hydrogens is 322 g/mol. The number of nitrogens with zero attached hydrogens (tertiary/aromatic N) is 1. The van der Waals surface area contributed by atoms with E-state index in [-0.39, 0.29) is 23.7 Å². The standard InChI is InChI=1S/C19H27NO3S/c1-23-19-9-7-16(21)13-17(19)20(11-10-19)18(22)8-12-24-14-15-5-3-2-4-6-15/h2-6,16-17,21H,7-14H2,1H3. The van der Waals surface area contributed by atoms with Crippen LogP contribution < -0.4 is 0 Å². The first-order valence-corrected chi connectivity index (χ1v) is 9.94. The fraction of sp³-hybridized carbons (Fsp3) is 0.632. The zero-order valence-electron chi connectivity index (χ0n) is 14.3. The molecule has 1 saturated heterocycles. The molecule has 1 aromatic carbocycles. The molecule has 24 heavy (non-hydrogen) atoms. The number of likely N-dealkylation sites (tertiary alicyclic amines) is 1. The van der Waals surface area contributed by atoms with E-state index in [9.17, 15) is 9.90 Å². The Hall–Kier alpha value is -1.04. The maximum absolute atomic E-state index is 12.7. The van der Waals surface area contributed by atoms with E-state index in [1.165, 1.54) is 5.56 Å². The van der Waals surface area contributed by atoms with Gasteiger partial charge in [0.1, 0.15) is 0 Å². The summed E-state index contributed by atoms with van der Waals surface area (Å²) in [5.41, 5.74) is 1.07. The van der Waals surface area contributed by atoms with Gasteiger partial charge in [0, 0.05) is 31.6 Å². The van der Waals surface area contributed by atoms with Crippen molar-refractivity contribution in [1.82, 2.24) is 4.90 Å². The van der Waals surface area contributed by atoms with Crippen molar-refractivity contribution in [1.29, 1.82) is 0 Å². The van der Waals surface area contributed by atoms with Crippen LogP contribution >= 0.6 is 11.8 Å². The Morgan fingerprint density at radius 3 is 2.92 bits per heavy atom. The second kappa shape index (κ2) is 7.89. The van der Waals surface area contributed by atoms with Gasteiger partial charge >= 0.3 is 0 Å². The maximum Gasteiger partial charge on any atom is 0.223 e. The molecule has 1 amide bonds. The number of hydrogen-bond donors (Lipinski definition) is 1. The fourth-order valence-electron chi connectivity index (χ4n) is 4.04. The molecule has 4 nitrogen and oxygen atoms in total. The number of rotatable bonds is 6. The number of aliphatic hydroxyl groups is 1. The van der Waals surface area contributed by atoms with E-state index in [0.717, 1.165) is 37.3 Å². The van der Waals surface area contributed by atoms with Crippen LogP contribution in [0.2, 0.25) is 0 Å². The summed E-state index contributed by atoms with van der Waals surface area (Å²) in [6, 6.07) is 10.4. The normalized spacial score (nSPS) is 29.5. The van der Waals surface area contributed by atoms with Gasteiger partial charge in [-0.2, -0.15) is 11.8 Å². The van der Waals surface area contributed by atoms with Crippen molar-refractivity contribution in [2.75, 3.05) is 19.4 Å². The summed E-state index contributed by atoms with van der Waals surface area (Å²) < 4.78 is 5.80. The van der Waals surface area contributed by atoms with Gasteiger partial charge in [-0.15, -0.1) is 0 Å². The summed E-state index contributed by atoms with van der Waals surface area (Å²) >= 11 is 1.80. The van der Waals surface area contributed by atoms with E-state index in [4.69, 9.17) is 4.74 Å². The van der Waals surface area contributed by atoms with Crippen LogP contribution in [0.5, 0.6) is 0 Å². The molecule has 0 aromatic heterocycles. The first kappa shape index (κ1) is 17.8. The fourth-order valence-corrected chi connectivity index (χ4v) is 4.93. The number of carbonyl (C=O) groups excluding carboxylic acids is 1. The number of aliphatic hydroxyl groups excluding tert-OH is 1. The largest absolute Gasteiger partial charge is 0.393 e. The van der Waals surface area contributed by atoms with Crippen LogP contribution in [0, 0.1) is 0 Å². The highest BCUT2D eigenvalue weighted by Gasteiger charge is 2.52. The molecule has 0 bridgehead atoms. The van der Waals surface area contributed by atoms with Gasteiger partial charge in [-0.05, 0) is 31.2 Å². The van der Waals surface area contributed by atoms with E-state index in [0.29, 0.717) is 12.8 Å². The Bertz CT molecular complexity index is 553. The lowest BCUT2D eigenvalue weighted by Crippen LogP contribution is -2.52. The lowest BCUT2D eigenvalue weighted by atomic mass is 9.79. The summed E-state index contributed by atoms with van der Waals surface area (Å²) in [7, 11) is 1.74. The number of fused-ring (bicyclic) bond motifs is 1. The Balaban J connectivity index is 1.50. The first-order chi connectivity index (χ1) is 11.6. The lowest BCUT2D eigenvalue weighted by Gasteiger charge is -2.42. The number of ether oxygens (including phenoxy) is 1. The molecule has 3 rings (SSSR count). The van der Waals surface area contributed by atoms with Gasteiger partial charge in [-0.1, -0.05) is 30.3 Å². The molecule has 3 atom stereocenters. The third kappa shape index (κ3) is 3.79. The van der Waals surface area contributed by atoms with Gasteiger partial charge < -0.3 is 14.7 Å². The van der Waals surface area contributed by atoms with Crippen molar-refractivity contribution in [2.45, 2.75) is 55.6 Å². The van der Waals surface area contributed by atoms with Gasteiger partial charge in [-0.25, -0.2) is 0 Å². The summed E-state index contributed by atoms with van der Waals surface area (Å²) in [5, 5.41) is 10.0. The minimum absolute atomic E-state index is 0.0397. The Kier molecular flexibility index (Phi) is 5.85. The van der Waals surface area contributed by atoms with Crippen molar-refractivity contribution in [2.24, 2.45) is 0 Å². The molecule has 1 aromatic rings. The molecule has 2 aliphatic rings. The minimum Gasteiger partial charge on any atom is -0.393 e. The highest BCUT2D eigenvalue weighted by Crippen LogP contribution is 2.42. The van der Waals surface area contributed by atoms with Crippen LogP contribution in [0.1, 0.15) is 37.7 Å². The maximum atomic E-state index is 12.7. The summed E-state index contributed by atoms with van der Waals surface area (Å²) in [6.45, 7) is 0.757. The molecule has 1 heterocycles. The van der Waals surface area contributed by atoms with Gasteiger partial charge in [0.05, 0.1) is 17.7 Å². The summed E-state index contributed by atoms with van der Waals surface area (Å²) in [6.07, 6.45) is 3.42. The second-order valence-electron chi connectivity index (χ2n) is 6.84.